The number of amides is 1. The van der Waals surface area contributed by atoms with Gasteiger partial charge in [-0.15, -0.1) is 0 Å². The Morgan fingerprint density at radius 2 is 2.12 bits per heavy atom. The van der Waals surface area contributed by atoms with Gasteiger partial charge in [0.25, 0.3) is 11.5 Å². The topological polar surface area (TPSA) is 110 Å². The molecule has 0 fully saturated rings. The quantitative estimate of drug-likeness (QED) is 0.597. The van der Waals surface area contributed by atoms with E-state index in [4.69, 9.17) is 5.73 Å². The Morgan fingerprint density at radius 3 is 2.71 bits per heavy atom. The van der Waals surface area contributed by atoms with Gasteiger partial charge in [-0.25, -0.2) is 4.79 Å². The Hall–Kier alpha value is -2.05. The molecule has 17 heavy (non-hydrogen) atoms. The van der Waals surface area contributed by atoms with Gasteiger partial charge in [-0.2, -0.15) is 0 Å². The van der Waals surface area contributed by atoms with Crippen LogP contribution < -0.4 is 22.3 Å². The van der Waals surface area contributed by atoms with Gasteiger partial charge in [-0.1, -0.05) is 13.3 Å². The molecular formula is C10H16N4O3. The molecule has 94 valence electrons. The Labute approximate surface area is 97.6 Å². The van der Waals surface area contributed by atoms with Crippen molar-refractivity contribution in [3.05, 3.63) is 26.4 Å². The van der Waals surface area contributed by atoms with Crippen molar-refractivity contribution in [2.24, 2.45) is 7.05 Å². The molecule has 0 bridgehead atoms. The third-order valence-corrected chi connectivity index (χ3v) is 2.41. The molecule has 4 N–H and O–H groups in total. The number of hydrogen-bond acceptors (Lipinski definition) is 4. The van der Waals surface area contributed by atoms with Crippen LogP contribution in [0.15, 0.2) is 9.59 Å². The SMILES string of the molecule is CCCCNC(=O)c1c(N)n(C)c(=O)[nH]c1=O. The van der Waals surface area contributed by atoms with Gasteiger partial charge in [0.1, 0.15) is 11.4 Å². The fourth-order valence-electron chi connectivity index (χ4n) is 1.32. The largest absolute Gasteiger partial charge is 0.384 e. The van der Waals surface area contributed by atoms with Crippen LogP contribution in [0.3, 0.4) is 0 Å². The van der Waals surface area contributed by atoms with E-state index in [-0.39, 0.29) is 11.4 Å². The number of rotatable bonds is 4. The third-order valence-electron chi connectivity index (χ3n) is 2.41. The Balaban J connectivity index is 3.06. The van der Waals surface area contributed by atoms with E-state index >= 15 is 0 Å². The predicted molar refractivity (Wildman–Crippen MR) is 64.0 cm³/mol. The number of nitrogens with one attached hydrogen (secondary N) is 2. The maximum Gasteiger partial charge on any atom is 0.329 e. The number of carbonyl (C=O) groups excluding carboxylic acids is 1. The molecule has 1 aromatic heterocycles. The molecule has 0 spiro atoms. The molecule has 1 aromatic rings. The van der Waals surface area contributed by atoms with Gasteiger partial charge in [0.15, 0.2) is 0 Å². The van der Waals surface area contributed by atoms with Gasteiger partial charge >= 0.3 is 5.69 Å². The highest BCUT2D eigenvalue weighted by atomic mass is 16.2. The summed E-state index contributed by atoms with van der Waals surface area (Å²) in [5.74, 6) is -0.694. The number of H-pyrrole nitrogens is 1. The summed E-state index contributed by atoms with van der Waals surface area (Å²) in [7, 11) is 1.39. The number of nitrogens with two attached hydrogens (primary N) is 1. The van der Waals surface area contributed by atoms with E-state index in [0.29, 0.717) is 6.54 Å². The third kappa shape index (κ3) is 2.74. The minimum atomic E-state index is -0.764. The lowest BCUT2D eigenvalue weighted by Gasteiger charge is -2.08. The summed E-state index contributed by atoms with van der Waals surface area (Å²) in [6.45, 7) is 2.45. The van der Waals surface area contributed by atoms with Gasteiger partial charge in [0.2, 0.25) is 0 Å². The summed E-state index contributed by atoms with van der Waals surface area (Å²) in [6.07, 6.45) is 1.74. The van der Waals surface area contributed by atoms with Crippen LogP contribution in [-0.4, -0.2) is 22.0 Å². The molecular weight excluding hydrogens is 224 g/mol. The lowest BCUT2D eigenvalue weighted by molar-refractivity contribution is 0.0952. The van der Waals surface area contributed by atoms with Gasteiger partial charge in [-0.3, -0.25) is 19.1 Å². The average Bonchev–Trinajstić information content (AvgIpc) is 2.26. The minimum absolute atomic E-state index is 0.132. The second-order valence-electron chi connectivity index (χ2n) is 3.69. The first-order valence-electron chi connectivity index (χ1n) is 5.36. The first-order chi connectivity index (χ1) is 7.99. The molecule has 0 aromatic carbocycles. The molecule has 7 heteroatoms. The zero-order chi connectivity index (χ0) is 13.0. The van der Waals surface area contributed by atoms with Crippen molar-refractivity contribution in [3.8, 4) is 0 Å². The van der Waals surface area contributed by atoms with Crippen molar-refractivity contribution < 1.29 is 4.79 Å². The molecule has 0 aliphatic rings. The van der Waals surface area contributed by atoms with E-state index in [1.807, 2.05) is 11.9 Å². The average molecular weight is 240 g/mol. The highest BCUT2D eigenvalue weighted by molar-refractivity contribution is 5.97. The van der Waals surface area contributed by atoms with Crippen LogP contribution >= 0.6 is 0 Å². The zero-order valence-electron chi connectivity index (χ0n) is 9.87. The van der Waals surface area contributed by atoms with Crippen LogP contribution in [0, 0.1) is 0 Å². The number of aromatic nitrogens is 2. The van der Waals surface area contributed by atoms with Crippen LogP contribution in [-0.2, 0) is 7.05 Å². The van der Waals surface area contributed by atoms with E-state index in [2.05, 4.69) is 5.32 Å². The Bertz CT molecular complexity index is 529. The second kappa shape index (κ2) is 5.33. The molecule has 0 aliphatic heterocycles. The lowest BCUT2D eigenvalue weighted by Crippen LogP contribution is -2.38. The number of unbranched alkanes of at least 4 members (excludes halogenated alkanes) is 1. The molecule has 0 aliphatic carbocycles. The van der Waals surface area contributed by atoms with Crippen molar-refractivity contribution in [1.82, 2.24) is 14.9 Å². The van der Waals surface area contributed by atoms with E-state index < -0.39 is 17.2 Å². The standard InChI is InChI=1S/C10H16N4O3/c1-3-4-5-12-8(15)6-7(11)14(2)10(17)13-9(6)16/h3-5,11H2,1-2H3,(H,12,15)(H,13,16,17). The summed E-state index contributed by atoms with van der Waals surface area (Å²) >= 11 is 0. The van der Waals surface area contributed by atoms with Crippen LogP contribution in [0.2, 0.25) is 0 Å². The monoisotopic (exact) mass is 240 g/mol. The van der Waals surface area contributed by atoms with Crippen LogP contribution in [0.4, 0.5) is 5.82 Å². The number of aromatic amines is 1. The molecule has 0 radical (unpaired) electrons. The van der Waals surface area contributed by atoms with Crippen LogP contribution in [0.25, 0.3) is 0 Å². The highest BCUT2D eigenvalue weighted by Crippen LogP contribution is 2.01. The fourth-order valence-corrected chi connectivity index (χ4v) is 1.32. The highest BCUT2D eigenvalue weighted by Gasteiger charge is 2.17. The number of anilines is 1. The maximum absolute atomic E-state index is 11.7. The van der Waals surface area contributed by atoms with E-state index in [1.54, 1.807) is 0 Å². The van der Waals surface area contributed by atoms with E-state index in [9.17, 15) is 14.4 Å². The van der Waals surface area contributed by atoms with E-state index in [0.717, 1.165) is 17.4 Å². The Kier molecular flexibility index (Phi) is 4.08. The van der Waals surface area contributed by atoms with Crippen molar-refractivity contribution in [2.75, 3.05) is 12.3 Å². The summed E-state index contributed by atoms with van der Waals surface area (Å²) in [5, 5.41) is 2.57. The van der Waals surface area contributed by atoms with Gasteiger partial charge < -0.3 is 11.1 Å². The predicted octanol–water partition coefficient (Wildman–Crippen LogP) is -0.814. The van der Waals surface area contributed by atoms with Gasteiger partial charge in [-0.05, 0) is 6.42 Å². The van der Waals surface area contributed by atoms with E-state index in [1.165, 1.54) is 7.05 Å². The van der Waals surface area contributed by atoms with Crippen molar-refractivity contribution in [3.63, 3.8) is 0 Å². The van der Waals surface area contributed by atoms with Crippen molar-refractivity contribution in [2.45, 2.75) is 19.8 Å². The minimum Gasteiger partial charge on any atom is -0.384 e. The molecule has 1 heterocycles. The molecule has 0 saturated carbocycles. The van der Waals surface area contributed by atoms with Gasteiger partial charge in [0.05, 0.1) is 0 Å². The molecule has 0 atom stereocenters. The first kappa shape index (κ1) is 13.0. The molecule has 0 saturated heterocycles. The number of hydrogen-bond donors (Lipinski definition) is 3. The Morgan fingerprint density at radius 1 is 1.47 bits per heavy atom. The van der Waals surface area contributed by atoms with Crippen molar-refractivity contribution in [1.29, 1.82) is 0 Å². The van der Waals surface area contributed by atoms with Crippen LogP contribution in [0.5, 0.6) is 0 Å². The number of nitrogens with zero attached hydrogens (tertiary/aromatic N) is 1. The van der Waals surface area contributed by atoms with Crippen LogP contribution in [0.1, 0.15) is 30.1 Å². The zero-order valence-corrected chi connectivity index (χ0v) is 9.87. The normalized spacial score (nSPS) is 10.2. The molecule has 0 unspecified atom stereocenters. The number of nitrogen functional groups attached to an aromatic ring is 1. The molecule has 7 nitrogen and oxygen atoms in total. The maximum atomic E-state index is 11.7. The number of carbonyl (C=O) groups is 1. The summed E-state index contributed by atoms with van der Waals surface area (Å²) in [6, 6.07) is 0. The fraction of sp³-hybridized carbons (Fsp3) is 0.500. The smallest absolute Gasteiger partial charge is 0.329 e. The van der Waals surface area contributed by atoms with Crippen molar-refractivity contribution >= 4 is 11.7 Å². The molecule has 1 rings (SSSR count). The first-order valence-corrected chi connectivity index (χ1v) is 5.36. The summed E-state index contributed by atoms with van der Waals surface area (Å²) < 4.78 is 1.02. The lowest BCUT2D eigenvalue weighted by atomic mass is 10.2. The summed E-state index contributed by atoms with van der Waals surface area (Å²) in [5.41, 5.74) is 3.95. The summed E-state index contributed by atoms with van der Waals surface area (Å²) in [4.78, 5) is 36.4. The second-order valence-corrected chi connectivity index (χ2v) is 3.69. The molecule has 1 amide bonds. The van der Waals surface area contributed by atoms with Gasteiger partial charge in [0, 0.05) is 13.6 Å².